The standard InChI is InChI=1S/C16H34N4/c1-4-6-7-8-11-18-16(17-3)19-15-9-13-20(12-5-2)14-10-15/h15H,4-14H2,1-3H3,(H2,17,18,19). The summed E-state index contributed by atoms with van der Waals surface area (Å²) >= 11 is 0. The minimum absolute atomic E-state index is 0.588. The highest BCUT2D eigenvalue weighted by Gasteiger charge is 2.18. The van der Waals surface area contributed by atoms with Gasteiger partial charge in [-0.15, -0.1) is 0 Å². The lowest BCUT2D eigenvalue weighted by Gasteiger charge is -2.32. The van der Waals surface area contributed by atoms with Crippen LogP contribution in [0.25, 0.3) is 0 Å². The lowest BCUT2D eigenvalue weighted by Crippen LogP contribution is -2.48. The summed E-state index contributed by atoms with van der Waals surface area (Å²) in [6.45, 7) is 9.23. The third-order valence-electron chi connectivity index (χ3n) is 4.01. The Hall–Kier alpha value is -0.770. The van der Waals surface area contributed by atoms with E-state index in [1.54, 1.807) is 0 Å². The molecule has 0 aromatic rings. The molecule has 4 nitrogen and oxygen atoms in total. The van der Waals surface area contributed by atoms with Crippen LogP contribution >= 0.6 is 0 Å². The number of nitrogens with zero attached hydrogens (tertiary/aromatic N) is 2. The van der Waals surface area contributed by atoms with Crippen molar-refractivity contribution >= 4 is 5.96 Å². The van der Waals surface area contributed by atoms with Crippen molar-refractivity contribution in [2.24, 2.45) is 4.99 Å². The smallest absolute Gasteiger partial charge is 0.191 e. The second kappa shape index (κ2) is 11.0. The van der Waals surface area contributed by atoms with E-state index in [0.29, 0.717) is 6.04 Å². The number of piperidine rings is 1. The fourth-order valence-corrected chi connectivity index (χ4v) is 2.76. The SMILES string of the molecule is CCCCCCNC(=NC)NC1CCN(CCC)CC1. The van der Waals surface area contributed by atoms with Crippen molar-refractivity contribution in [1.29, 1.82) is 0 Å². The predicted molar refractivity (Wildman–Crippen MR) is 88.4 cm³/mol. The molecule has 0 aromatic heterocycles. The summed E-state index contributed by atoms with van der Waals surface area (Å²) in [6, 6.07) is 0.588. The number of likely N-dealkylation sites (tertiary alicyclic amines) is 1. The summed E-state index contributed by atoms with van der Waals surface area (Å²) in [5, 5.41) is 7.01. The van der Waals surface area contributed by atoms with E-state index in [1.807, 2.05) is 7.05 Å². The van der Waals surface area contributed by atoms with Crippen molar-refractivity contribution in [2.45, 2.75) is 64.8 Å². The average molecular weight is 282 g/mol. The first kappa shape index (κ1) is 17.3. The zero-order valence-corrected chi connectivity index (χ0v) is 13.7. The van der Waals surface area contributed by atoms with Crippen LogP contribution < -0.4 is 10.6 Å². The van der Waals surface area contributed by atoms with Crippen molar-refractivity contribution in [1.82, 2.24) is 15.5 Å². The number of guanidine groups is 1. The number of aliphatic imine (C=N–C) groups is 1. The summed E-state index contributed by atoms with van der Waals surface area (Å²) < 4.78 is 0. The van der Waals surface area contributed by atoms with Gasteiger partial charge in [-0.3, -0.25) is 4.99 Å². The van der Waals surface area contributed by atoms with Gasteiger partial charge in [-0.25, -0.2) is 0 Å². The highest BCUT2D eigenvalue weighted by molar-refractivity contribution is 5.79. The van der Waals surface area contributed by atoms with Crippen molar-refractivity contribution in [3.63, 3.8) is 0 Å². The molecular formula is C16H34N4. The van der Waals surface area contributed by atoms with E-state index < -0.39 is 0 Å². The van der Waals surface area contributed by atoms with E-state index in [9.17, 15) is 0 Å². The van der Waals surface area contributed by atoms with E-state index in [1.165, 1.54) is 64.6 Å². The van der Waals surface area contributed by atoms with Gasteiger partial charge < -0.3 is 15.5 Å². The molecule has 1 fully saturated rings. The maximum Gasteiger partial charge on any atom is 0.191 e. The van der Waals surface area contributed by atoms with E-state index in [4.69, 9.17) is 0 Å². The summed E-state index contributed by atoms with van der Waals surface area (Å²) in [4.78, 5) is 6.90. The van der Waals surface area contributed by atoms with Gasteiger partial charge in [-0.2, -0.15) is 0 Å². The summed E-state index contributed by atoms with van der Waals surface area (Å²) in [7, 11) is 1.87. The van der Waals surface area contributed by atoms with Crippen LogP contribution in [0.1, 0.15) is 58.8 Å². The summed E-state index contributed by atoms with van der Waals surface area (Å²) in [5.41, 5.74) is 0. The van der Waals surface area contributed by atoms with Gasteiger partial charge in [0.05, 0.1) is 0 Å². The number of unbranched alkanes of at least 4 members (excludes halogenated alkanes) is 3. The Morgan fingerprint density at radius 3 is 2.45 bits per heavy atom. The zero-order valence-electron chi connectivity index (χ0n) is 13.7. The molecule has 1 aliphatic heterocycles. The molecule has 20 heavy (non-hydrogen) atoms. The third kappa shape index (κ3) is 7.13. The molecule has 1 saturated heterocycles. The second-order valence-corrected chi connectivity index (χ2v) is 5.82. The van der Waals surface area contributed by atoms with Gasteiger partial charge >= 0.3 is 0 Å². The van der Waals surface area contributed by atoms with E-state index >= 15 is 0 Å². The van der Waals surface area contributed by atoms with Gasteiger partial charge in [0.1, 0.15) is 0 Å². The quantitative estimate of drug-likeness (QED) is 0.408. The number of nitrogens with one attached hydrogen (secondary N) is 2. The highest BCUT2D eigenvalue weighted by atomic mass is 15.2. The maximum absolute atomic E-state index is 4.34. The molecule has 0 unspecified atom stereocenters. The van der Waals surface area contributed by atoms with Gasteiger partial charge in [-0.1, -0.05) is 33.1 Å². The Bertz CT molecular complexity index is 257. The summed E-state index contributed by atoms with van der Waals surface area (Å²) in [5.74, 6) is 0.982. The van der Waals surface area contributed by atoms with E-state index in [2.05, 4.69) is 34.4 Å². The first-order valence-corrected chi connectivity index (χ1v) is 8.49. The molecule has 0 radical (unpaired) electrons. The molecule has 0 aliphatic carbocycles. The molecule has 0 atom stereocenters. The van der Waals surface area contributed by atoms with E-state index in [-0.39, 0.29) is 0 Å². The Morgan fingerprint density at radius 2 is 1.85 bits per heavy atom. The van der Waals surface area contributed by atoms with Crippen LogP contribution in [0.2, 0.25) is 0 Å². The topological polar surface area (TPSA) is 39.7 Å². The molecular weight excluding hydrogens is 248 g/mol. The minimum atomic E-state index is 0.588. The Morgan fingerprint density at radius 1 is 1.10 bits per heavy atom. The molecule has 4 heteroatoms. The van der Waals surface area contributed by atoms with Gasteiger partial charge in [0, 0.05) is 32.7 Å². The monoisotopic (exact) mass is 282 g/mol. The molecule has 1 heterocycles. The largest absolute Gasteiger partial charge is 0.356 e. The van der Waals surface area contributed by atoms with Crippen LogP contribution in [0.5, 0.6) is 0 Å². The predicted octanol–water partition coefficient (Wildman–Crippen LogP) is 2.61. The van der Waals surface area contributed by atoms with Gasteiger partial charge in [0.2, 0.25) is 0 Å². The van der Waals surface area contributed by atoms with Gasteiger partial charge in [-0.05, 0) is 32.2 Å². The minimum Gasteiger partial charge on any atom is -0.356 e. The van der Waals surface area contributed by atoms with Crippen LogP contribution in [0.3, 0.4) is 0 Å². The fraction of sp³-hybridized carbons (Fsp3) is 0.938. The lowest BCUT2D eigenvalue weighted by atomic mass is 10.1. The zero-order chi connectivity index (χ0) is 14.6. The van der Waals surface area contributed by atoms with Crippen molar-refractivity contribution < 1.29 is 0 Å². The molecule has 2 N–H and O–H groups in total. The highest BCUT2D eigenvalue weighted by Crippen LogP contribution is 2.10. The normalized spacial score (nSPS) is 18.2. The van der Waals surface area contributed by atoms with Crippen molar-refractivity contribution in [2.75, 3.05) is 33.2 Å². The number of rotatable bonds is 8. The summed E-state index contributed by atoms with van der Waals surface area (Å²) in [6.07, 6.45) is 8.92. The van der Waals surface area contributed by atoms with Crippen LogP contribution in [-0.4, -0.2) is 50.1 Å². The Balaban J connectivity index is 2.15. The average Bonchev–Trinajstić information content (AvgIpc) is 2.48. The van der Waals surface area contributed by atoms with Gasteiger partial charge in [0.15, 0.2) is 5.96 Å². The molecule has 0 saturated carbocycles. The second-order valence-electron chi connectivity index (χ2n) is 5.82. The Labute approximate surface area is 125 Å². The number of hydrogen-bond acceptors (Lipinski definition) is 2. The molecule has 1 aliphatic rings. The molecule has 0 spiro atoms. The van der Waals surface area contributed by atoms with Crippen LogP contribution in [0.15, 0.2) is 4.99 Å². The lowest BCUT2D eigenvalue weighted by molar-refractivity contribution is 0.206. The molecule has 0 amide bonds. The van der Waals surface area contributed by atoms with Crippen molar-refractivity contribution in [3.05, 3.63) is 0 Å². The van der Waals surface area contributed by atoms with E-state index in [0.717, 1.165) is 12.5 Å². The van der Waals surface area contributed by atoms with Crippen LogP contribution in [0, 0.1) is 0 Å². The molecule has 0 bridgehead atoms. The first-order valence-electron chi connectivity index (χ1n) is 8.49. The third-order valence-corrected chi connectivity index (χ3v) is 4.01. The van der Waals surface area contributed by atoms with Crippen molar-refractivity contribution in [3.8, 4) is 0 Å². The maximum atomic E-state index is 4.34. The Kier molecular flexibility index (Phi) is 9.46. The van der Waals surface area contributed by atoms with Crippen LogP contribution in [-0.2, 0) is 0 Å². The van der Waals surface area contributed by atoms with Crippen LogP contribution in [0.4, 0.5) is 0 Å². The number of hydrogen-bond donors (Lipinski definition) is 2. The van der Waals surface area contributed by atoms with Gasteiger partial charge in [0.25, 0.3) is 0 Å². The molecule has 118 valence electrons. The molecule has 0 aromatic carbocycles. The molecule has 1 rings (SSSR count). The first-order chi connectivity index (χ1) is 9.80. The fourth-order valence-electron chi connectivity index (χ4n) is 2.76.